The van der Waals surface area contributed by atoms with E-state index in [4.69, 9.17) is 18.7 Å². The number of ether oxygens (including phenoxy) is 3. The van der Waals surface area contributed by atoms with Gasteiger partial charge >= 0.3 is 0 Å². The third-order valence-corrected chi connectivity index (χ3v) is 5.78. The molecule has 1 N–H and O–H groups in total. The molecule has 6 heteroatoms. The number of hydrogen-bond donors (Lipinski definition) is 1. The molecule has 0 saturated carbocycles. The number of benzene rings is 2. The zero-order valence-corrected chi connectivity index (χ0v) is 18.5. The summed E-state index contributed by atoms with van der Waals surface area (Å²) in [5.41, 5.74) is 4.59. The van der Waals surface area contributed by atoms with E-state index in [-0.39, 0.29) is 6.61 Å². The van der Waals surface area contributed by atoms with Gasteiger partial charge in [-0.2, -0.15) is 0 Å². The lowest BCUT2D eigenvalue weighted by atomic mass is 9.93. The second-order valence-electron chi connectivity index (χ2n) is 8.11. The highest BCUT2D eigenvalue weighted by molar-refractivity contribution is 5.71. The van der Waals surface area contributed by atoms with Gasteiger partial charge in [0.2, 0.25) is 0 Å². The van der Waals surface area contributed by atoms with Gasteiger partial charge in [-0.05, 0) is 69.2 Å². The van der Waals surface area contributed by atoms with Crippen LogP contribution in [0.1, 0.15) is 34.9 Å². The van der Waals surface area contributed by atoms with Gasteiger partial charge in [-0.25, -0.2) is 0 Å². The van der Waals surface area contributed by atoms with E-state index in [0.717, 1.165) is 45.0 Å². The van der Waals surface area contributed by atoms with Crippen LogP contribution >= 0.6 is 0 Å². The topological polar surface area (TPSA) is 74.0 Å². The molecule has 4 rings (SSSR count). The Morgan fingerprint density at radius 3 is 2.52 bits per heavy atom. The van der Waals surface area contributed by atoms with Crippen LogP contribution in [0.25, 0.3) is 17.3 Å². The van der Waals surface area contributed by atoms with Crippen LogP contribution in [0.2, 0.25) is 0 Å². The molecule has 1 aliphatic heterocycles. The van der Waals surface area contributed by atoms with Crippen molar-refractivity contribution in [2.24, 2.45) is 0 Å². The summed E-state index contributed by atoms with van der Waals surface area (Å²) in [6.45, 7) is 8.38. The van der Waals surface area contributed by atoms with Crippen LogP contribution in [0.3, 0.4) is 0 Å². The first-order chi connectivity index (χ1) is 14.8. The van der Waals surface area contributed by atoms with Crippen molar-refractivity contribution in [1.29, 1.82) is 0 Å². The van der Waals surface area contributed by atoms with Crippen LogP contribution in [-0.2, 0) is 11.3 Å². The zero-order chi connectivity index (χ0) is 22.2. The summed E-state index contributed by atoms with van der Waals surface area (Å²) in [6.07, 6.45) is 3.97. The highest BCUT2D eigenvalue weighted by atomic mass is 16.6. The van der Waals surface area contributed by atoms with Crippen LogP contribution < -0.4 is 9.47 Å². The Balaban J connectivity index is 1.41. The summed E-state index contributed by atoms with van der Waals surface area (Å²) in [5.74, 6) is 2.55. The van der Waals surface area contributed by atoms with Crippen molar-refractivity contribution in [3.63, 3.8) is 0 Å². The lowest BCUT2D eigenvalue weighted by Gasteiger charge is -2.33. The molecule has 1 aromatic heterocycles. The van der Waals surface area contributed by atoms with Crippen LogP contribution in [0, 0.1) is 20.8 Å². The van der Waals surface area contributed by atoms with Crippen molar-refractivity contribution in [2.75, 3.05) is 13.7 Å². The fourth-order valence-electron chi connectivity index (χ4n) is 3.70. The van der Waals surface area contributed by atoms with E-state index in [0.29, 0.717) is 18.1 Å². The Morgan fingerprint density at radius 2 is 1.81 bits per heavy atom. The molecule has 0 saturated heterocycles. The summed E-state index contributed by atoms with van der Waals surface area (Å²) in [4.78, 5) is 0. The van der Waals surface area contributed by atoms with Crippen molar-refractivity contribution in [3.8, 4) is 28.5 Å². The maximum absolute atomic E-state index is 10.3. The Bertz CT molecular complexity index is 1130. The number of phenols is 1. The molecule has 2 aromatic carbocycles. The number of hydrogen-bond acceptors (Lipinski definition) is 6. The minimum absolute atomic E-state index is 0.287. The summed E-state index contributed by atoms with van der Waals surface area (Å²) in [7, 11) is 1.64. The van der Waals surface area contributed by atoms with Crippen molar-refractivity contribution < 1.29 is 23.8 Å². The molecule has 1 aliphatic rings. The fraction of sp³-hybridized carbons (Fsp3) is 0.320. The smallest absolute Gasteiger partial charge is 0.163 e. The molecule has 1 unspecified atom stereocenters. The van der Waals surface area contributed by atoms with Crippen molar-refractivity contribution in [2.45, 2.75) is 39.9 Å². The molecule has 0 radical (unpaired) electrons. The second kappa shape index (κ2) is 8.12. The summed E-state index contributed by atoms with van der Waals surface area (Å²) in [6, 6.07) is 9.51. The molecular weight excluding hydrogens is 394 g/mol. The maximum atomic E-state index is 10.3. The summed E-state index contributed by atoms with van der Waals surface area (Å²) < 4.78 is 22.8. The van der Waals surface area contributed by atoms with E-state index in [2.05, 4.69) is 5.16 Å². The number of fused-ring (bicyclic) bond motifs is 1. The average Bonchev–Trinajstić information content (AvgIpc) is 3.25. The molecule has 162 valence electrons. The molecule has 0 amide bonds. The quantitative estimate of drug-likeness (QED) is 0.577. The Kier molecular flexibility index (Phi) is 5.50. The monoisotopic (exact) mass is 421 g/mol. The molecule has 0 aliphatic carbocycles. The van der Waals surface area contributed by atoms with Gasteiger partial charge in [-0.3, -0.25) is 0 Å². The molecule has 0 bridgehead atoms. The molecule has 31 heavy (non-hydrogen) atoms. The third-order valence-electron chi connectivity index (χ3n) is 5.78. The first-order valence-electron chi connectivity index (χ1n) is 10.2. The SMILES string of the molecule is COc1ccc(-c2cc(COCC3(C)C=Cc4c(C)c(O)c(C)c(C)c4O3)on2)cc1. The van der Waals surface area contributed by atoms with E-state index in [1.54, 1.807) is 7.11 Å². The van der Waals surface area contributed by atoms with Crippen molar-refractivity contribution in [1.82, 2.24) is 5.16 Å². The largest absolute Gasteiger partial charge is 0.507 e. The number of methoxy groups -OCH3 is 1. The number of phenolic OH excluding ortho intramolecular Hbond substituents is 1. The molecule has 2 heterocycles. The van der Waals surface area contributed by atoms with E-state index >= 15 is 0 Å². The lowest BCUT2D eigenvalue weighted by molar-refractivity contribution is -0.000621. The van der Waals surface area contributed by atoms with Gasteiger partial charge in [0.25, 0.3) is 0 Å². The van der Waals surface area contributed by atoms with E-state index in [9.17, 15) is 5.11 Å². The van der Waals surface area contributed by atoms with Gasteiger partial charge in [0, 0.05) is 22.8 Å². The van der Waals surface area contributed by atoms with Gasteiger partial charge in [-0.1, -0.05) is 11.2 Å². The van der Waals surface area contributed by atoms with Crippen LogP contribution in [0.15, 0.2) is 40.9 Å². The van der Waals surface area contributed by atoms with Crippen LogP contribution in [0.4, 0.5) is 0 Å². The van der Waals surface area contributed by atoms with Crippen LogP contribution in [-0.4, -0.2) is 29.6 Å². The Morgan fingerprint density at radius 1 is 1.06 bits per heavy atom. The van der Waals surface area contributed by atoms with Gasteiger partial charge in [0.15, 0.2) is 5.76 Å². The highest BCUT2D eigenvalue weighted by Gasteiger charge is 2.31. The minimum Gasteiger partial charge on any atom is -0.507 e. The number of aromatic hydroxyl groups is 1. The first-order valence-corrected chi connectivity index (χ1v) is 10.2. The molecule has 0 fully saturated rings. The molecule has 1 atom stereocenters. The second-order valence-corrected chi connectivity index (χ2v) is 8.11. The van der Waals surface area contributed by atoms with Crippen LogP contribution in [0.5, 0.6) is 17.2 Å². The third kappa shape index (κ3) is 4.03. The molecule has 0 spiro atoms. The highest BCUT2D eigenvalue weighted by Crippen LogP contribution is 2.42. The predicted octanol–water partition coefficient (Wildman–Crippen LogP) is 5.36. The maximum Gasteiger partial charge on any atom is 0.163 e. The molecule has 6 nitrogen and oxygen atoms in total. The summed E-state index contributed by atoms with van der Waals surface area (Å²) in [5, 5.41) is 14.4. The molecule has 3 aromatic rings. The standard InChI is InChI=1S/C25H27NO5/c1-15-16(2)24-21(17(3)23(15)27)10-11-25(4,30-24)14-29-13-20-12-22(26-31-20)18-6-8-19(28-5)9-7-18/h6-12,27H,13-14H2,1-5H3. The fourth-order valence-corrected chi connectivity index (χ4v) is 3.70. The van der Waals surface area contributed by atoms with E-state index < -0.39 is 5.60 Å². The lowest BCUT2D eigenvalue weighted by Crippen LogP contribution is -2.37. The number of nitrogens with zero attached hydrogens (tertiary/aromatic N) is 1. The normalized spacial score (nSPS) is 17.3. The number of aromatic nitrogens is 1. The average molecular weight is 421 g/mol. The van der Waals surface area contributed by atoms with Gasteiger partial charge in [-0.15, -0.1) is 0 Å². The van der Waals surface area contributed by atoms with Gasteiger partial charge in [0.1, 0.15) is 35.2 Å². The molecular formula is C25H27NO5. The van der Waals surface area contributed by atoms with Gasteiger partial charge < -0.3 is 23.8 Å². The predicted molar refractivity (Wildman–Crippen MR) is 119 cm³/mol. The summed E-state index contributed by atoms with van der Waals surface area (Å²) >= 11 is 0. The minimum atomic E-state index is -0.619. The van der Waals surface area contributed by atoms with E-state index in [1.807, 2.05) is 70.2 Å². The Labute approximate surface area is 182 Å². The zero-order valence-electron chi connectivity index (χ0n) is 18.5. The van der Waals surface area contributed by atoms with Gasteiger partial charge in [0.05, 0.1) is 13.7 Å². The number of rotatable bonds is 6. The van der Waals surface area contributed by atoms with Crippen molar-refractivity contribution in [3.05, 3.63) is 64.4 Å². The van der Waals surface area contributed by atoms with Crippen molar-refractivity contribution >= 4 is 6.08 Å². The van der Waals surface area contributed by atoms with E-state index in [1.165, 1.54) is 0 Å². The first kappa shape index (κ1) is 21.0. The Hall–Kier alpha value is -3.25.